The molecule has 1 aliphatic carbocycles. The van der Waals surface area contributed by atoms with E-state index in [9.17, 15) is 8.76 Å². The van der Waals surface area contributed by atoms with Gasteiger partial charge in [-0.05, 0) is 35.1 Å². The van der Waals surface area contributed by atoms with Crippen molar-refractivity contribution in [1.82, 2.24) is 0 Å². The lowest BCUT2D eigenvalue weighted by molar-refractivity contribution is 0.524. The summed E-state index contributed by atoms with van der Waals surface area (Å²) in [6, 6.07) is 20.1. The first-order valence-corrected chi connectivity index (χ1v) is 7.80. The van der Waals surface area contributed by atoms with Crippen molar-refractivity contribution in [2.45, 2.75) is 18.1 Å². The number of allylic oxidation sites excluding steroid dienone is 2. The van der Waals surface area contributed by atoms with Crippen molar-refractivity contribution in [3.8, 4) is 0 Å². The molecular weight excluding hydrogens is 268 g/mol. The standard InChI is InChI=1S/C17H16O2S/c18-20(19)15-11-16(13-7-3-1-4-8-13)17(12-15)14-9-5-2-6-10-14/h1-10,15H,11-12H2,(H,18,19)/p-1. The van der Waals surface area contributed by atoms with Crippen molar-refractivity contribution in [3.05, 3.63) is 71.8 Å². The Balaban J connectivity index is 2.06. The molecule has 2 nitrogen and oxygen atoms in total. The minimum atomic E-state index is -2.02. The fourth-order valence-electron chi connectivity index (χ4n) is 2.77. The lowest BCUT2D eigenvalue weighted by atomic mass is 9.97. The first-order valence-electron chi connectivity index (χ1n) is 6.66. The average molecular weight is 283 g/mol. The molecule has 0 saturated carbocycles. The van der Waals surface area contributed by atoms with Crippen LogP contribution in [0.4, 0.5) is 0 Å². The minimum Gasteiger partial charge on any atom is -0.772 e. The fraction of sp³-hybridized carbons (Fsp3) is 0.176. The van der Waals surface area contributed by atoms with E-state index >= 15 is 0 Å². The molecule has 2 aromatic rings. The molecule has 1 atom stereocenters. The van der Waals surface area contributed by atoms with E-state index in [4.69, 9.17) is 0 Å². The second kappa shape index (κ2) is 5.73. The van der Waals surface area contributed by atoms with Gasteiger partial charge in [-0.2, -0.15) is 0 Å². The Hall–Kier alpha value is -1.71. The van der Waals surface area contributed by atoms with Gasteiger partial charge in [0.1, 0.15) is 0 Å². The van der Waals surface area contributed by atoms with Crippen molar-refractivity contribution in [2.24, 2.45) is 0 Å². The average Bonchev–Trinajstić information content (AvgIpc) is 2.94. The molecule has 0 heterocycles. The molecule has 0 bridgehead atoms. The van der Waals surface area contributed by atoms with E-state index in [1.807, 2.05) is 60.7 Å². The third kappa shape index (κ3) is 2.60. The highest BCUT2D eigenvalue weighted by atomic mass is 32.2. The van der Waals surface area contributed by atoms with Crippen molar-refractivity contribution >= 4 is 22.2 Å². The Labute approximate surface area is 121 Å². The first-order chi connectivity index (χ1) is 9.75. The van der Waals surface area contributed by atoms with Crippen LogP contribution in [0, 0.1) is 0 Å². The van der Waals surface area contributed by atoms with Crippen LogP contribution in [-0.4, -0.2) is 14.0 Å². The second-order valence-electron chi connectivity index (χ2n) is 4.98. The molecule has 0 N–H and O–H groups in total. The largest absolute Gasteiger partial charge is 0.772 e. The Morgan fingerprint density at radius 3 is 1.55 bits per heavy atom. The summed E-state index contributed by atoms with van der Waals surface area (Å²) in [5.41, 5.74) is 4.57. The number of hydrogen-bond donors (Lipinski definition) is 0. The molecule has 0 amide bonds. The number of hydrogen-bond acceptors (Lipinski definition) is 2. The van der Waals surface area contributed by atoms with Crippen LogP contribution in [0.2, 0.25) is 0 Å². The highest BCUT2D eigenvalue weighted by Gasteiger charge is 2.26. The lowest BCUT2D eigenvalue weighted by Crippen LogP contribution is -2.10. The molecule has 2 aromatic carbocycles. The zero-order chi connectivity index (χ0) is 13.9. The molecule has 20 heavy (non-hydrogen) atoms. The first kappa shape index (κ1) is 13.3. The van der Waals surface area contributed by atoms with Crippen molar-refractivity contribution < 1.29 is 8.76 Å². The third-order valence-electron chi connectivity index (χ3n) is 3.74. The number of benzene rings is 2. The summed E-state index contributed by atoms with van der Waals surface area (Å²) < 4.78 is 22.7. The van der Waals surface area contributed by atoms with Gasteiger partial charge in [0.05, 0.1) is 0 Å². The van der Waals surface area contributed by atoms with Crippen molar-refractivity contribution in [3.63, 3.8) is 0 Å². The zero-order valence-corrected chi connectivity index (χ0v) is 11.8. The van der Waals surface area contributed by atoms with Crippen molar-refractivity contribution in [2.75, 3.05) is 0 Å². The normalized spacial score (nSPS) is 17.4. The van der Waals surface area contributed by atoms with E-state index < -0.39 is 11.1 Å². The SMILES string of the molecule is O=S([O-])C1CC(c2ccccc2)=C(c2ccccc2)C1. The van der Waals surface area contributed by atoms with Crippen LogP contribution in [0.25, 0.3) is 11.1 Å². The van der Waals surface area contributed by atoms with Crippen LogP contribution in [0.15, 0.2) is 60.7 Å². The molecular formula is C17H15O2S-. The predicted molar refractivity (Wildman–Crippen MR) is 81.6 cm³/mol. The summed E-state index contributed by atoms with van der Waals surface area (Å²) in [5, 5.41) is -0.305. The highest BCUT2D eigenvalue weighted by Crippen LogP contribution is 2.41. The molecule has 0 spiro atoms. The minimum absolute atomic E-state index is 0.305. The summed E-state index contributed by atoms with van der Waals surface area (Å²) in [4.78, 5) is 0. The molecule has 3 heteroatoms. The van der Waals surface area contributed by atoms with Crippen LogP contribution >= 0.6 is 0 Å². The monoisotopic (exact) mass is 283 g/mol. The van der Waals surface area contributed by atoms with Crippen LogP contribution in [0.5, 0.6) is 0 Å². The van der Waals surface area contributed by atoms with Gasteiger partial charge >= 0.3 is 0 Å². The molecule has 0 aliphatic heterocycles. The third-order valence-corrected chi connectivity index (χ3v) is 4.62. The van der Waals surface area contributed by atoms with Crippen LogP contribution in [-0.2, 0) is 11.1 Å². The molecule has 3 rings (SSSR count). The summed E-state index contributed by atoms with van der Waals surface area (Å²) >= 11 is -2.02. The maximum absolute atomic E-state index is 11.3. The Morgan fingerprint density at radius 1 is 0.800 bits per heavy atom. The lowest BCUT2D eigenvalue weighted by Gasteiger charge is -2.13. The quantitative estimate of drug-likeness (QED) is 0.807. The highest BCUT2D eigenvalue weighted by molar-refractivity contribution is 7.79. The summed E-state index contributed by atoms with van der Waals surface area (Å²) in [7, 11) is 0. The van der Waals surface area contributed by atoms with E-state index in [0.717, 1.165) is 22.3 Å². The topological polar surface area (TPSA) is 40.1 Å². The van der Waals surface area contributed by atoms with Gasteiger partial charge in [-0.1, -0.05) is 71.7 Å². The molecule has 1 aliphatic rings. The summed E-state index contributed by atoms with van der Waals surface area (Å²) in [6.45, 7) is 0. The van der Waals surface area contributed by atoms with Gasteiger partial charge in [-0.25, -0.2) is 0 Å². The second-order valence-corrected chi connectivity index (χ2v) is 6.17. The molecule has 0 radical (unpaired) electrons. The molecule has 1 unspecified atom stereocenters. The zero-order valence-electron chi connectivity index (χ0n) is 11.0. The molecule has 0 saturated heterocycles. The van der Waals surface area contributed by atoms with Crippen LogP contribution in [0.1, 0.15) is 24.0 Å². The van der Waals surface area contributed by atoms with Crippen molar-refractivity contribution in [1.29, 1.82) is 0 Å². The number of rotatable bonds is 3. The summed E-state index contributed by atoms with van der Waals surface area (Å²) in [6.07, 6.45) is 1.20. The summed E-state index contributed by atoms with van der Waals surface area (Å²) in [5.74, 6) is 0. The maximum atomic E-state index is 11.3. The Kier molecular flexibility index (Phi) is 3.81. The van der Waals surface area contributed by atoms with Crippen LogP contribution in [0.3, 0.4) is 0 Å². The van der Waals surface area contributed by atoms with Gasteiger partial charge < -0.3 is 4.55 Å². The van der Waals surface area contributed by atoms with Gasteiger partial charge in [-0.3, -0.25) is 4.21 Å². The molecule has 0 aromatic heterocycles. The van der Waals surface area contributed by atoms with Gasteiger partial charge in [0.2, 0.25) is 0 Å². The van der Waals surface area contributed by atoms with Gasteiger partial charge in [0, 0.05) is 5.25 Å². The van der Waals surface area contributed by atoms with Crippen LogP contribution < -0.4 is 0 Å². The van der Waals surface area contributed by atoms with Gasteiger partial charge in [-0.15, -0.1) is 0 Å². The van der Waals surface area contributed by atoms with Gasteiger partial charge in [0.25, 0.3) is 0 Å². The van der Waals surface area contributed by atoms with E-state index in [2.05, 4.69) is 0 Å². The Bertz CT molecular complexity index is 596. The maximum Gasteiger partial charge on any atom is 0.0297 e. The molecule has 0 fully saturated rings. The smallest absolute Gasteiger partial charge is 0.0297 e. The van der Waals surface area contributed by atoms with E-state index in [1.165, 1.54) is 0 Å². The van der Waals surface area contributed by atoms with Gasteiger partial charge in [0.15, 0.2) is 0 Å². The fourth-order valence-corrected chi connectivity index (χ4v) is 3.38. The van der Waals surface area contributed by atoms with E-state index in [1.54, 1.807) is 0 Å². The Morgan fingerprint density at radius 2 is 1.20 bits per heavy atom. The predicted octanol–water partition coefficient (Wildman–Crippen LogP) is 3.64. The van der Waals surface area contributed by atoms with E-state index in [-0.39, 0.29) is 5.25 Å². The molecule has 102 valence electrons. The van der Waals surface area contributed by atoms with E-state index in [0.29, 0.717) is 12.8 Å².